The summed E-state index contributed by atoms with van der Waals surface area (Å²) >= 11 is 6.21. The van der Waals surface area contributed by atoms with Crippen molar-refractivity contribution < 1.29 is 14.7 Å². The minimum atomic E-state index is -0.798. The third-order valence-corrected chi connectivity index (χ3v) is 4.79. The van der Waals surface area contributed by atoms with Gasteiger partial charge in [0, 0.05) is 30.5 Å². The number of H-pyrrole nitrogens is 1. The van der Waals surface area contributed by atoms with E-state index in [1.807, 2.05) is 13.0 Å². The van der Waals surface area contributed by atoms with Gasteiger partial charge < -0.3 is 10.0 Å². The van der Waals surface area contributed by atoms with E-state index in [1.165, 1.54) is 0 Å². The molecular formula is C17H19ClN4O3. The number of amides is 1. The smallest absolute Gasteiger partial charge is 0.306 e. The number of aromatic nitrogens is 3. The molecule has 0 spiro atoms. The van der Waals surface area contributed by atoms with E-state index in [0.717, 1.165) is 17.7 Å². The van der Waals surface area contributed by atoms with Gasteiger partial charge in [-0.15, -0.1) is 0 Å². The number of rotatable bonds is 4. The predicted molar refractivity (Wildman–Crippen MR) is 92.5 cm³/mol. The van der Waals surface area contributed by atoms with E-state index in [0.29, 0.717) is 42.3 Å². The van der Waals surface area contributed by atoms with Crippen LogP contribution >= 0.6 is 11.6 Å². The van der Waals surface area contributed by atoms with Gasteiger partial charge in [-0.2, -0.15) is 5.10 Å². The van der Waals surface area contributed by atoms with E-state index in [9.17, 15) is 9.59 Å². The molecule has 0 aliphatic carbocycles. The summed E-state index contributed by atoms with van der Waals surface area (Å²) in [5.74, 6) is -1.37. The molecule has 1 aliphatic rings. The van der Waals surface area contributed by atoms with Crippen LogP contribution in [0.15, 0.2) is 18.3 Å². The molecule has 25 heavy (non-hydrogen) atoms. The Labute approximate surface area is 150 Å². The van der Waals surface area contributed by atoms with Crippen molar-refractivity contribution in [1.29, 1.82) is 0 Å². The molecule has 2 aromatic rings. The molecule has 2 aromatic heterocycles. The number of hydrogen-bond donors (Lipinski definition) is 2. The predicted octanol–water partition coefficient (Wildman–Crippen LogP) is 2.62. The fourth-order valence-corrected chi connectivity index (χ4v) is 3.15. The first kappa shape index (κ1) is 17.4. The zero-order valence-electron chi connectivity index (χ0n) is 13.8. The van der Waals surface area contributed by atoms with Crippen LogP contribution in [0.2, 0.25) is 5.02 Å². The lowest BCUT2D eigenvalue weighted by atomic mass is 9.97. The third kappa shape index (κ3) is 3.66. The number of aliphatic carboxylic acids is 1. The van der Waals surface area contributed by atoms with Crippen LogP contribution in [-0.4, -0.2) is 50.2 Å². The molecule has 1 amide bonds. The number of carboxylic acid groups (broad SMARTS) is 1. The van der Waals surface area contributed by atoms with Crippen molar-refractivity contribution in [3.63, 3.8) is 0 Å². The van der Waals surface area contributed by atoms with Crippen LogP contribution in [-0.2, 0) is 11.2 Å². The number of piperidine rings is 1. The van der Waals surface area contributed by atoms with E-state index in [1.54, 1.807) is 17.2 Å². The van der Waals surface area contributed by atoms with Gasteiger partial charge in [-0.1, -0.05) is 18.5 Å². The standard InChI is InChI=1S/C17H19ClN4O3/c1-2-11-7-12(13(18)9-19-11)14-8-15(21-20-14)16(23)22-5-3-10(4-6-22)17(24)25/h7-10H,2-6H2,1H3,(H,20,21)(H,24,25). The maximum atomic E-state index is 12.6. The molecule has 0 aromatic carbocycles. The number of nitrogens with one attached hydrogen (secondary N) is 1. The van der Waals surface area contributed by atoms with Crippen molar-refractivity contribution >= 4 is 23.5 Å². The quantitative estimate of drug-likeness (QED) is 0.871. The third-order valence-electron chi connectivity index (χ3n) is 4.49. The Hall–Kier alpha value is -2.41. The van der Waals surface area contributed by atoms with Gasteiger partial charge in [-0.05, 0) is 31.4 Å². The Bertz CT molecular complexity index is 797. The number of nitrogens with zero attached hydrogens (tertiary/aromatic N) is 3. The summed E-state index contributed by atoms with van der Waals surface area (Å²) in [6.45, 7) is 2.85. The highest BCUT2D eigenvalue weighted by Crippen LogP contribution is 2.27. The van der Waals surface area contributed by atoms with Crippen molar-refractivity contribution in [1.82, 2.24) is 20.1 Å². The summed E-state index contributed by atoms with van der Waals surface area (Å²) in [5, 5.41) is 16.5. The molecule has 1 aliphatic heterocycles. The Kier molecular flexibility index (Phi) is 5.03. The summed E-state index contributed by atoms with van der Waals surface area (Å²) in [6.07, 6.45) is 3.31. The van der Waals surface area contributed by atoms with Crippen molar-refractivity contribution in [3.05, 3.63) is 34.7 Å². The molecule has 0 atom stereocenters. The van der Waals surface area contributed by atoms with E-state index < -0.39 is 5.97 Å². The second-order valence-electron chi connectivity index (χ2n) is 6.08. The maximum Gasteiger partial charge on any atom is 0.306 e. The molecule has 3 rings (SSSR count). The van der Waals surface area contributed by atoms with E-state index in [2.05, 4.69) is 15.2 Å². The fraction of sp³-hybridized carbons (Fsp3) is 0.412. The lowest BCUT2D eigenvalue weighted by molar-refractivity contribution is -0.143. The van der Waals surface area contributed by atoms with E-state index >= 15 is 0 Å². The number of aryl methyl sites for hydroxylation is 1. The van der Waals surface area contributed by atoms with Crippen LogP contribution in [0, 0.1) is 5.92 Å². The number of pyridine rings is 1. The van der Waals surface area contributed by atoms with E-state index in [4.69, 9.17) is 16.7 Å². The molecule has 3 heterocycles. The van der Waals surface area contributed by atoms with Crippen LogP contribution in [0.25, 0.3) is 11.3 Å². The molecule has 7 nitrogen and oxygen atoms in total. The number of halogens is 1. The highest BCUT2D eigenvalue weighted by Gasteiger charge is 2.28. The number of aromatic amines is 1. The molecule has 0 unspecified atom stereocenters. The zero-order valence-corrected chi connectivity index (χ0v) is 14.6. The van der Waals surface area contributed by atoms with Gasteiger partial charge in [0.15, 0.2) is 5.69 Å². The zero-order chi connectivity index (χ0) is 18.0. The van der Waals surface area contributed by atoms with Gasteiger partial charge in [0.05, 0.1) is 16.6 Å². The lowest BCUT2D eigenvalue weighted by Crippen LogP contribution is -2.40. The summed E-state index contributed by atoms with van der Waals surface area (Å²) in [4.78, 5) is 29.5. The van der Waals surface area contributed by atoms with Gasteiger partial charge in [-0.3, -0.25) is 19.7 Å². The first-order valence-electron chi connectivity index (χ1n) is 8.22. The molecular weight excluding hydrogens is 344 g/mol. The Balaban J connectivity index is 1.76. The topological polar surface area (TPSA) is 99.2 Å². The molecule has 0 saturated carbocycles. The summed E-state index contributed by atoms with van der Waals surface area (Å²) in [5.41, 5.74) is 2.61. The highest BCUT2D eigenvalue weighted by molar-refractivity contribution is 6.33. The minimum Gasteiger partial charge on any atom is -0.481 e. The van der Waals surface area contributed by atoms with Crippen molar-refractivity contribution in [2.75, 3.05) is 13.1 Å². The van der Waals surface area contributed by atoms with Crippen LogP contribution in [0.1, 0.15) is 35.9 Å². The van der Waals surface area contributed by atoms with Crippen molar-refractivity contribution in [2.45, 2.75) is 26.2 Å². The van der Waals surface area contributed by atoms with Gasteiger partial charge in [-0.25, -0.2) is 0 Å². The molecule has 0 bridgehead atoms. The van der Waals surface area contributed by atoms with Crippen LogP contribution in [0.5, 0.6) is 0 Å². The number of carbonyl (C=O) groups is 2. The monoisotopic (exact) mass is 362 g/mol. The van der Waals surface area contributed by atoms with Crippen molar-refractivity contribution in [2.24, 2.45) is 5.92 Å². The number of carbonyl (C=O) groups excluding carboxylic acids is 1. The molecule has 2 N–H and O–H groups in total. The first-order valence-corrected chi connectivity index (χ1v) is 8.59. The SMILES string of the molecule is CCc1cc(-c2cc(C(=O)N3CCC(C(=O)O)CC3)n[nH]2)c(Cl)cn1. The van der Waals surface area contributed by atoms with Crippen LogP contribution in [0.3, 0.4) is 0 Å². The number of hydrogen-bond acceptors (Lipinski definition) is 4. The van der Waals surface area contributed by atoms with E-state index in [-0.39, 0.29) is 11.8 Å². The highest BCUT2D eigenvalue weighted by atomic mass is 35.5. The average Bonchev–Trinajstić information content (AvgIpc) is 3.11. The van der Waals surface area contributed by atoms with Crippen LogP contribution < -0.4 is 0 Å². The molecule has 0 radical (unpaired) electrons. The minimum absolute atomic E-state index is 0.202. The largest absolute Gasteiger partial charge is 0.481 e. The molecule has 8 heteroatoms. The van der Waals surface area contributed by atoms with Crippen LogP contribution in [0.4, 0.5) is 0 Å². The fourth-order valence-electron chi connectivity index (χ4n) is 2.94. The summed E-state index contributed by atoms with van der Waals surface area (Å²) in [7, 11) is 0. The Morgan fingerprint density at radius 2 is 2.08 bits per heavy atom. The average molecular weight is 363 g/mol. The normalized spacial score (nSPS) is 15.4. The molecule has 132 valence electrons. The Morgan fingerprint density at radius 3 is 2.72 bits per heavy atom. The van der Waals surface area contributed by atoms with Gasteiger partial charge in [0.25, 0.3) is 5.91 Å². The lowest BCUT2D eigenvalue weighted by Gasteiger charge is -2.29. The molecule has 1 fully saturated rings. The second kappa shape index (κ2) is 7.23. The maximum absolute atomic E-state index is 12.6. The van der Waals surface area contributed by atoms with Gasteiger partial charge in [0.1, 0.15) is 0 Å². The first-order chi connectivity index (χ1) is 12.0. The van der Waals surface area contributed by atoms with Gasteiger partial charge >= 0.3 is 5.97 Å². The van der Waals surface area contributed by atoms with Gasteiger partial charge in [0.2, 0.25) is 0 Å². The van der Waals surface area contributed by atoms with Crippen molar-refractivity contribution in [3.8, 4) is 11.3 Å². The summed E-state index contributed by atoms with van der Waals surface area (Å²) in [6, 6.07) is 3.55. The second-order valence-corrected chi connectivity index (χ2v) is 6.49. The molecule has 1 saturated heterocycles. The number of likely N-dealkylation sites (tertiary alicyclic amines) is 1. The summed E-state index contributed by atoms with van der Waals surface area (Å²) < 4.78 is 0. The Morgan fingerprint density at radius 1 is 1.36 bits per heavy atom. The number of carboxylic acids is 1.